The van der Waals surface area contributed by atoms with Gasteiger partial charge >= 0.3 is 5.97 Å². The van der Waals surface area contributed by atoms with E-state index in [0.717, 1.165) is 4.90 Å². The number of aliphatic carboxylic acids is 1. The monoisotopic (exact) mass is 334 g/mol. The van der Waals surface area contributed by atoms with Crippen molar-refractivity contribution in [2.75, 3.05) is 12.4 Å². The number of nitrogens with one attached hydrogen (secondary N) is 1. The number of carbonyl (C=O) groups excluding carboxylic acids is 2. The van der Waals surface area contributed by atoms with Crippen molar-refractivity contribution in [3.63, 3.8) is 0 Å². The summed E-state index contributed by atoms with van der Waals surface area (Å²) in [6.45, 7) is -0.411. The highest BCUT2D eigenvalue weighted by molar-refractivity contribution is 8.00. The standard InChI is InChI=1S/C15H14N2O5S/c18-6-9-7-23-14-10(13(20)17(14)11(9)15(21)22)16-12(19)8-4-2-1-3-5-8/h1-5,10,14,18H,6-7H2,(H,16,19)(H,21,22)/t10-,14-/m0/s1. The van der Waals surface area contributed by atoms with Gasteiger partial charge in [-0.1, -0.05) is 18.2 Å². The molecule has 0 aliphatic carbocycles. The molecule has 120 valence electrons. The van der Waals surface area contributed by atoms with Crippen LogP contribution in [0.15, 0.2) is 41.6 Å². The van der Waals surface area contributed by atoms with Crippen molar-refractivity contribution in [2.24, 2.45) is 0 Å². The first-order chi connectivity index (χ1) is 11.0. The number of aliphatic hydroxyl groups is 1. The number of nitrogens with zero attached hydrogens (tertiary/aromatic N) is 1. The molecule has 23 heavy (non-hydrogen) atoms. The number of fused-ring (bicyclic) bond motifs is 1. The summed E-state index contributed by atoms with van der Waals surface area (Å²) < 4.78 is 0. The molecule has 0 spiro atoms. The summed E-state index contributed by atoms with van der Waals surface area (Å²) >= 11 is 1.33. The average Bonchev–Trinajstić information content (AvgIpc) is 2.58. The maximum atomic E-state index is 12.3. The van der Waals surface area contributed by atoms with Crippen molar-refractivity contribution in [3.8, 4) is 0 Å². The van der Waals surface area contributed by atoms with Gasteiger partial charge in [-0.05, 0) is 17.7 Å². The van der Waals surface area contributed by atoms with E-state index in [1.165, 1.54) is 11.8 Å². The number of benzene rings is 1. The second-order valence-electron chi connectivity index (χ2n) is 5.14. The van der Waals surface area contributed by atoms with Gasteiger partial charge < -0.3 is 15.5 Å². The van der Waals surface area contributed by atoms with Crippen molar-refractivity contribution in [2.45, 2.75) is 11.4 Å². The Hall–Kier alpha value is -2.32. The minimum atomic E-state index is -1.25. The largest absolute Gasteiger partial charge is 0.477 e. The highest BCUT2D eigenvalue weighted by Gasteiger charge is 2.54. The number of hydrogen-bond donors (Lipinski definition) is 3. The first kappa shape index (κ1) is 15.6. The van der Waals surface area contributed by atoms with Gasteiger partial charge in [0.15, 0.2) is 0 Å². The minimum Gasteiger partial charge on any atom is -0.477 e. The van der Waals surface area contributed by atoms with Gasteiger partial charge in [-0.15, -0.1) is 11.8 Å². The average molecular weight is 334 g/mol. The van der Waals surface area contributed by atoms with Gasteiger partial charge in [-0.3, -0.25) is 14.5 Å². The number of β-lactam (4-membered cyclic amide) rings is 1. The first-order valence-electron chi connectivity index (χ1n) is 6.91. The summed E-state index contributed by atoms with van der Waals surface area (Å²) in [6.07, 6.45) is 0. The summed E-state index contributed by atoms with van der Waals surface area (Å²) in [5, 5.41) is 20.7. The Bertz CT molecular complexity index is 703. The fourth-order valence-corrected chi connectivity index (χ4v) is 3.95. The van der Waals surface area contributed by atoms with E-state index in [1.807, 2.05) is 0 Å². The minimum absolute atomic E-state index is 0.175. The van der Waals surface area contributed by atoms with Crippen molar-refractivity contribution in [3.05, 3.63) is 47.2 Å². The maximum absolute atomic E-state index is 12.3. The van der Waals surface area contributed by atoms with Crippen molar-refractivity contribution >= 4 is 29.5 Å². The zero-order chi connectivity index (χ0) is 16.6. The quantitative estimate of drug-likeness (QED) is 0.671. The molecule has 2 heterocycles. The second kappa shape index (κ2) is 6.05. The molecule has 2 aliphatic heterocycles. The van der Waals surface area contributed by atoms with E-state index in [1.54, 1.807) is 30.3 Å². The van der Waals surface area contributed by atoms with Crippen LogP contribution in [0.1, 0.15) is 10.4 Å². The van der Waals surface area contributed by atoms with Gasteiger partial charge in [0, 0.05) is 11.3 Å². The molecule has 0 saturated carbocycles. The van der Waals surface area contributed by atoms with Crippen molar-refractivity contribution < 1.29 is 24.6 Å². The Balaban J connectivity index is 1.77. The molecule has 2 atom stereocenters. The molecule has 7 nitrogen and oxygen atoms in total. The molecule has 1 saturated heterocycles. The number of hydrogen-bond acceptors (Lipinski definition) is 5. The zero-order valence-corrected chi connectivity index (χ0v) is 12.7. The molecule has 0 aromatic heterocycles. The van der Waals surface area contributed by atoms with Crippen LogP contribution < -0.4 is 5.32 Å². The molecule has 2 amide bonds. The Kier molecular flexibility index (Phi) is 4.10. The summed E-state index contributed by atoms with van der Waals surface area (Å²) in [4.78, 5) is 36.9. The molecular weight excluding hydrogens is 320 g/mol. The van der Waals surface area contributed by atoms with Crippen LogP contribution in [0, 0.1) is 0 Å². The van der Waals surface area contributed by atoms with E-state index in [0.29, 0.717) is 16.9 Å². The van der Waals surface area contributed by atoms with E-state index in [4.69, 9.17) is 0 Å². The van der Waals surface area contributed by atoms with Gasteiger partial charge in [0.2, 0.25) is 0 Å². The second-order valence-corrected chi connectivity index (χ2v) is 6.25. The predicted molar refractivity (Wildman–Crippen MR) is 82.5 cm³/mol. The van der Waals surface area contributed by atoms with E-state index >= 15 is 0 Å². The van der Waals surface area contributed by atoms with Gasteiger partial charge in [-0.2, -0.15) is 0 Å². The summed E-state index contributed by atoms with van der Waals surface area (Å²) in [6, 6.07) is 7.73. The SMILES string of the molecule is O=C(O)C1=C(CO)CS[C@H]2[C@@H](NC(=O)c3ccccc3)C(=O)N12. The van der Waals surface area contributed by atoms with Crippen LogP contribution >= 0.6 is 11.8 Å². The van der Waals surface area contributed by atoms with Crippen LogP contribution in [-0.4, -0.2) is 56.7 Å². The number of rotatable bonds is 4. The van der Waals surface area contributed by atoms with Crippen LogP contribution in [0.2, 0.25) is 0 Å². The maximum Gasteiger partial charge on any atom is 0.352 e. The number of thioether (sulfide) groups is 1. The van der Waals surface area contributed by atoms with E-state index in [-0.39, 0.29) is 11.6 Å². The normalized spacial score (nSPS) is 23.2. The van der Waals surface area contributed by atoms with Crippen molar-refractivity contribution in [1.29, 1.82) is 0 Å². The van der Waals surface area contributed by atoms with Crippen LogP contribution in [0.4, 0.5) is 0 Å². The van der Waals surface area contributed by atoms with Gasteiger partial charge in [-0.25, -0.2) is 4.79 Å². The fourth-order valence-electron chi connectivity index (χ4n) is 2.62. The number of carbonyl (C=O) groups is 3. The molecule has 2 aliphatic rings. The molecule has 0 bridgehead atoms. The van der Waals surface area contributed by atoms with Gasteiger partial charge in [0.25, 0.3) is 11.8 Å². The predicted octanol–water partition coefficient (Wildman–Crippen LogP) is 0.0311. The lowest BCUT2D eigenvalue weighted by Gasteiger charge is -2.49. The lowest BCUT2D eigenvalue weighted by molar-refractivity contribution is -0.148. The number of carboxylic acids is 1. The van der Waals surface area contributed by atoms with Gasteiger partial charge in [0.05, 0.1) is 6.61 Å². The molecule has 8 heteroatoms. The van der Waals surface area contributed by atoms with Crippen LogP contribution in [0.3, 0.4) is 0 Å². The van der Waals surface area contributed by atoms with Crippen LogP contribution in [-0.2, 0) is 9.59 Å². The van der Waals surface area contributed by atoms with E-state index in [9.17, 15) is 24.6 Å². The van der Waals surface area contributed by atoms with Crippen LogP contribution in [0.25, 0.3) is 0 Å². The van der Waals surface area contributed by atoms with Crippen LogP contribution in [0.5, 0.6) is 0 Å². The summed E-state index contributed by atoms with van der Waals surface area (Å²) in [5.41, 5.74) is 0.566. The molecule has 1 aromatic rings. The van der Waals surface area contributed by atoms with Gasteiger partial charge in [0.1, 0.15) is 17.1 Å². The first-order valence-corrected chi connectivity index (χ1v) is 7.96. The molecule has 1 fully saturated rings. The summed E-state index contributed by atoms with van der Waals surface area (Å²) in [7, 11) is 0. The summed E-state index contributed by atoms with van der Waals surface area (Å²) in [5.74, 6) is -1.79. The van der Waals surface area contributed by atoms with Crippen molar-refractivity contribution in [1.82, 2.24) is 10.2 Å². The highest BCUT2D eigenvalue weighted by atomic mass is 32.2. The molecular formula is C15H14N2O5S. The van der Waals surface area contributed by atoms with E-state index in [2.05, 4.69) is 5.32 Å². The number of aliphatic hydroxyl groups excluding tert-OH is 1. The molecule has 3 N–H and O–H groups in total. The van der Waals surface area contributed by atoms with E-state index < -0.39 is 29.9 Å². The third kappa shape index (κ3) is 2.60. The third-order valence-electron chi connectivity index (χ3n) is 3.76. The lowest BCUT2D eigenvalue weighted by Crippen LogP contribution is -2.70. The third-order valence-corrected chi connectivity index (χ3v) is 5.10. The number of carboxylic acid groups (broad SMARTS) is 1. The lowest BCUT2D eigenvalue weighted by atomic mass is 10.0. The highest BCUT2D eigenvalue weighted by Crippen LogP contribution is 2.40. The molecule has 1 aromatic carbocycles. The molecule has 3 rings (SSSR count). The Labute approximate surface area is 136 Å². The smallest absolute Gasteiger partial charge is 0.352 e. The number of amides is 2. The fraction of sp³-hybridized carbons (Fsp3) is 0.267. The zero-order valence-electron chi connectivity index (χ0n) is 11.9. The topological polar surface area (TPSA) is 107 Å². The molecule has 0 radical (unpaired) electrons. The molecule has 0 unspecified atom stereocenters. The Morgan fingerprint density at radius 2 is 2.00 bits per heavy atom. The Morgan fingerprint density at radius 3 is 2.61 bits per heavy atom. The Morgan fingerprint density at radius 1 is 1.30 bits per heavy atom.